The molecule has 0 bridgehead atoms. The summed E-state index contributed by atoms with van der Waals surface area (Å²) < 4.78 is 4.68. The average Bonchev–Trinajstić information content (AvgIpc) is 2.27. The van der Waals surface area contributed by atoms with Crippen molar-refractivity contribution in [2.24, 2.45) is 0 Å². The molecule has 0 aliphatic rings. The van der Waals surface area contributed by atoms with Gasteiger partial charge in [0.05, 0.1) is 13.7 Å². The molecule has 94 valence electrons. The number of amides is 1. The van der Waals surface area contributed by atoms with Gasteiger partial charge in [-0.05, 0) is 6.42 Å². The summed E-state index contributed by atoms with van der Waals surface area (Å²) in [6.45, 7) is 2.22. The number of nitrogens with zero attached hydrogens (tertiary/aromatic N) is 1. The van der Waals surface area contributed by atoms with Crippen LogP contribution in [0.15, 0.2) is 0 Å². The van der Waals surface area contributed by atoms with Crippen LogP contribution in [0.2, 0.25) is 0 Å². The Kier molecular flexibility index (Phi) is 7.54. The van der Waals surface area contributed by atoms with Crippen LogP contribution in [0.5, 0.6) is 0 Å². The molecule has 0 fully saturated rings. The second kappa shape index (κ2) is 8.10. The number of nitrogens with one attached hydrogen (secondary N) is 1. The number of carbonyl (C=O) groups excluding carboxylic acids is 2. The van der Waals surface area contributed by atoms with Crippen LogP contribution < -0.4 is 5.32 Å². The van der Waals surface area contributed by atoms with Gasteiger partial charge in [-0.1, -0.05) is 19.8 Å². The predicted octanol–water partition coefficient (Wildman–Crippen LogP) is 0.396. The minimum Gasteiger partial charge on any atom is -0.468 e. The van der Waals surface area contributed by atoms with Gasteiger partial charge < -0.3 is 9.64 Å². The standard InChI is InChI=1S/C11H22N2O3/c1-5-6-7-9(11(15)16-4)12-8-10(14)13(2)3/h9,12H,5-8H2,1-4H3. The molecule has 1 atom stereocenters. The molecule has 5 nitrogen and oxygen atoms in total. The molecule has 16 heavy (non-hydrogen) atoms. The Hall–Kier alpha value is -1.10. The second-order valence-electron chi connectivity index (χ2n) is 3.89. The lowest BCUT2D eigenvalue weighted by atomic mass is 10.1. The van der Waals surface area contributed by atoms with Gasteiger partial charge in [0.25, 0.3) is 0 Å². The van der Waals surface area contributed by atoms with Gasteiger partial charge in [0.2, 0.25) is 5.91 Å². The Balaban J connectivity index is 4.10. The fourth-order valence-electron chi connectivity index (χ4n) is 1.22. The molecule has 1 amide bonds. The van der Waals surface area contributed by atoms with Crippen molar-refractivity contribution in [2.45, 2.75) is 32.2 Å². The summed E-state index contributed by atoms with van der Waals surface area (Å²) in [7, 11) is 4.73. The number of ether oxygens (including phenoxy) is 1. The van der Waals surface area contributed by atoms with E-state index in [1.165, 1.54) is 12.0 Å². The van der Waals surface area contributed by atoms with E-state index in [-0.39, 0.29) is 24.5 Å². The fourth-order valence-corrected chi connectivity index (χ4v) is 1.22. The second-order valence-corrected chi connectivity index (χ2v) is 3.89. The van der Waals surface area contributed by atoms with Crippen LogP contribution in [0.1, 0.15) is 26.2 Å². The number of unbranched alkanes of at least 4 members (excludes halogenated alkanes) is 1. The quantitative estimate of drug-likeness (QED) is 0.643. The maximum absolute atomic E-state index is 11.4. The predicted molar refractivity (Wildman–Crippen MR) is 62.0 cm³/mol. The summed E-state index contributed by atoms with van der Waals surface area (Å²) >= 11 is 0. The molecule has 0 aromatic heterocycles. The smallest absolute Gasteiger partial charge is 0.322 e. The van der Waals surface area contributed by atoms with E-state index in [9.17, 15) is 9.59 Å². The third kappa shape index (κ3) is 5.70. The number of methoxy groups -OCH3 is 1. The third-order valence-electron chi connectivity index (χ3n) is 2.33. The van der Waals surface area contributed by atoms with Gasteiger partial charge in [-0.25, -0.2) is 0 Å². The van der Waals surface area contributed by atoms with Crippen molar-refractivity contribution in [3.63, 3.8) is 0 Å². The molecule has 0 saturated heterocycles. The van der Waals surface area contributed by atoms with Crippen LogP contribution in [0.4, 0.5) is 0 Å². The lowest BCUT2D eigenvalue weighted by Crippen LogP contribution is -2.43. The van der Waals surface area contributed by atoms with E-state index in [4.69, 9.17) is 0 Å². The molecule has 1 N–H and O–H groups in total. The van der Waals surface area contributed by atoms with E-state index in [1.807, 2.05) is 0 Å². The molecular formula is C11H22N2O3. The molecule has 5 heteroatoms. The first-order valence-corrected chi connectivity index (χ1v) is 5.54. The molecule has 0 rings (SSSR count). The van der Waals surface area contributed by atoms with Gasteiger partial charge in [-0.2, -0.15) is 0 Å². The molecule has 0 spiro atoms. The van der Waals surface area contributed by atoms with Crippen molar-refractivity contribution in [1.82, 2.24) is 10.2 Å². The van der Waals surface area contributed by atoms with Gasteiger partial charge in [-0.3, -0.25) is 14.9 Å². The van der Waals surface area contributed by atoms with E-state index in [0.29, 0.717) is 6.42 Å². The first-order chi connectivity index (χ1) is 7.52. The molecule has 0 aromatic carbocycles. The number of hydrogen-bond acceptors (Lipinski definition) is 4. The number of likely N-dealkylation sites (N-methyl/N-ethyl adjacent to an activating group) is 1. The maximum atomic E-state index is 11.4. The van der Waals surface area contributed by atoms with E-state index in [0.717, 1.165) is 12.8 Å². The molecule has 1 unspecified atom stereocenters. The molecule has 0 aliphatic heterocycles. The first kappa shape index (κ1) is 14.9. The maximum Gasteiger partial charge on any atom is 0.322 e. The Morgan fingerprint density at radius 3 is 2.44 bits per heavy atom. The Labute approximate surface area is 97.1 Å². The number of hydrogen-bond donors (Lipinski definition) is 1. The lowest BCUT2D eigenvalue weighted by molar-refractivity contribution is -0.143. The average molecular weight is 230 g/mol. The fraction of sp³-hybridized carbons (Fsp3) is 0.818. The minimum atomic E-state index is -0.381. The van der Waals surface area contributed by atoms with E-state index in [1.54, 1.807) is 14.1 Å². The van der Waals surface area contributed by atoms with Gasteiger partial charge in [-0.15, -0.1) is 0 Å². The summed E-state index contributed by atoms with van der Waals surface area (Å²) in [5, 5.41) is 2.92. The zero-order valence-corrected chi connectivity index (χ0v) is 10.6. The van der Waals surface area contributed by atoms with Crippen molar-refractivity contribution in [3.8, 4) is 0 Å². The van der Waals surface area contributed by atoms with Crippen LogP contribution in [-0.2, 0) is 14.3 Å². The van der Waals surface area contributed by atoms with E-state index >= 15 is 0 Å². The largest absolute Gasteiger partial charge is 0.468 e. The highest BCUT2D eigenvalue weighted by Gasteiger charge is 2.19. The van der Waals surface area contributed by atoms with Crippen LogP contribution in [-0.4, -0.2) is 50.6 Å². The number of rotatable bonds is 7. The molecule has 0 radical (unpaired) electrons. The van der Waals surface area contributed by atoms with Crippen molar-refractivity contribution >= 4 is 11.9 Å². The Bertz CT molecular complexity index is 229. The zero-order chi connectivity index (χ0) is 12.6. The van der Waals surface area contributed by atoms with Gasteiger partial charge in [0.15, 0.2) is 0 Å². The third-order valence-corrected chi connectivity index (χ3v) is 2.33. The molecule has 0 heterocycles. The van der Waals surface area contributed by atoms with Crippen LogP contribution in [0.3, 0.4) is 0 Å². The van der Waals surface area contributed by atoms with Gasteiger partial charge >= 0.3 is 5.97 Å². The topological polar surface area (TPSA) is 58.6 Å². The highest BCUT2D eigenvalue weighted by Crippen LogP contribution is 2.02. The number of esters is 1. The van der Waals surface area contributed by atoms with Gasteiger partial charge in [0.1, 0.15) is 6.04 Å². The molecule has 0 saturated carbocycles. The van der Waals surface area contributed by atoms with Crippen molar-refractivity contribution in [3.05, 3.63) is 0 Å². The normalized spacial score (nSPS) is 12.0. The lowest BCUT2D eigenvalue weighted by Gasteiger charge is -2.17. The molecular weight excluding hydrogens is 208 g/mol. The van der Waals surface area contributed by atoms with Crippen molar-refractivity contribution < 1.29 is 14.3 Å². The summed E-state index contributed by atoms with van der Waals surface area (Å²) in [5.41, 5.74) is 0. The SMILES string of the molecule is CCCCC(NCC(=O)N(C)C)C(=O)OC. The summed E-state index contributed by atoms with van der Waals surface area (Å²) in [6, 6.07) is -0.381. The minimum absolute atomic E-state index is 0.0506. The Morgan fingerprint density at radius 2 is 2.00 bits per heavy atom. The molecule has 0 aliphatic carbocycles. The summed E-state index contributed by atoms with van der Waals surface area (Å²) in [6.07, 6.45) is 2.64. The Morgan fingerprint density at radius 1 is 1.38 bits per heavy atom. The summed E-state index contributed by atoms with van der Waals surface area (Å²) in [5.74, 6) is -0.356. The first-order valence-electron chi connectivity index (χ1n) is 5.54. The summed E-state index contributed by atoms with van der Waals surface area (Å²) in [4.78, 5) is 24.2. The monoisotopic (exact) mass is 230 g/mol. The highest BCUT2D eigenvalue weighted by molar-refractivity contribution is 5.80. The number of carbonyl (C=O) groups is 2. The van der Waals surface area contributed by atoms with Crippen LogP contribution in [0, 0.1) is 0 Å². The van der Waals surface area contributed by atoms with E-state index in [2.05, 4.69) is 17.0 Å². The van der Waals surface area contributed by atoms with Crippen molar-refractivity contribution in [1.29, 1.82) is 0 Å². The highest BCUT2D eigenvalue weighted by atomic mass is 16.5. The van der Waals surface area contributed by atoms with Gasteiger partial charge in [0, 0.05) is 14.1 Å². The van der Waals surface area contributed by atoms with Crippen LogP contribution >= 0.6 is 0 Å². The van der Waals surface area contributed by atoms with Crippen molar-refractivity contribution in [2.75, 3.05) is 27.7 Å². The van der Waals surface area contributed by atoms with Crippen LogP contribution in [0.25, 0.3) is 0 Å². The van der Waals surface area contributed by atoms with E-state index < -0.39 is 0 Å². The molecule has 0 aromatic rings. The zero-order valence-electron chi connectivity index (χ0n) is 10.6.